The lowest BCUT2D eigenvalue weighted by Gasteiger charge is -1.97. The molecule has 0 fully saturated rings. The van der Waals surface area contributed by atoms with E-state index in [0.29, 0.717) is 0 Å². The van der Waals surface area contributed by atoms with Crippen LogP contribution in [0.3, 0.4) is 0 Å². The third-order valence-corrected chi connectivity index (χ3v) is 3.51. The molecule has 0 radical (unpaired) electrons. The van der Waals surface area contributed by atoms with Crippen LogP contribution in [0.5, 0.6) is 0 Å². The number of rotatable bonds is 4. The zero-order valence-corrected chi connectivity index (χ0v) is 10.5. The van der Waals surface area contributed by atoms with Gasteiger partial charge in [0.15, 0.2) is 0 Å². The van der Waals surface area contributed by atoms with Crippen molar-refractivity contribution in [1.82, 2.24) is 15.5 Å². The quantitative estimate of drug-likeness (QED) is 0.910. The lowest BCUT2D eigenvalue weighted by Crippen LogP contribution is -2.09. The number of halogens is 1. The van der Waals surface area contributed by atoms with Crippen molar-refractivity contribution in [2.45, 2.75) is 6.42 Å². The third-order valence-electron chi connectivity index (χ3n) is 2.16. The number of hydrogen-bond donors (Lipinski definition) is 1. The van der Waals surface area contributed by atoms with E-state index in [1.165, 1.54) is 0 Å². The first kappa shape index (κ1) is 11.5. The second-order valence-corrected chi connectivity index (χ2v) is 4.80. The van der Waals surface area contributed by atoms with Crippen molar-refractivity contribution in [1.29, 1.82) is 0 Å². The maximum atomic E-state index is 6.10. The standard InChI is InChI=1S/C11H12ClN3S/c1-13-7-6-10-14-15-11(16-10)8-4-2-3-5-9(8)12/h2-5,13H,6-7H2,1H3. The minimum atomic E-state index is 0.721. The van der Waals surface area contributed by atoms with Crippen LogP contribution in [0.25, 0.3) is 10.6 Å². The first-order valence-corrected chi connectivity index (χ1v) is 6.22. The van der Waals surface area contributed by atoms with Crippen LogP contribution < -0.4 is 5.32 Å². The Hall–Kier alpha value is -0.970. The summed E-state index contributed by atoms with van der Waals surface area (Å²) < 4.78 is 0. The fourth-order valence-electron chi connectivity index (χ4n) is 1.33. The molecule has 1 aromatic heterocycles. The maximum Gasteiger partial charge on any atom is 0.149 e. The van der Waals surface area contributed by atoms with Crippen molar-refractivity contribution < 1.29 is 0 Å². The highest BCUT2D eigenvalue weighted by atomic mass is 35.5. The summed E-state index contributed by atoms with van der Waals surface area (Å²) in [5.74, 6) is 0. The number of likely N-dealkylation sites (N-methyl/N-ethyl adjacent to an activating group) is 1. The molecule has 84 valence electrons. The Kier molecular flexibility index (Phi) is 3.88. The molecule has 5 heteroatoms. The Labute approximate surface area is 103 Å². The van der Waals surface area contributed by atoms with Crippen molar-refractivity contribution in [2.75, 3.05) is 13.6 Å². The van der Waals surface area contributed by atoms with Crippen LogP contribution in [0.2, 0.25) is 5.02 Å². The topological polar surface area (TPSA) is 37.8 Å². The third kappa shape index (κ3) is 2.58. The summed E-state index contributed by atoms with van der Waals surface area (Å²) in [4.78, 5) is 0. The number of benzene rings is 1. The molecule has 0 unspecified atom stereocenters. The summed E-state index contributed by atoms with van der Waals surface area (Å²) in [7, 11) is 1.93. The summed E-state index contributed by atoms with van der Waals surface area (Å²) in [6, 6.07) is 7.70. The fourth-order valence-corrected chi connectivity index (χ4v) is 2.49. The zero-order valence-electron chi connectivity index (χ0n) is 8.90. The van der Waals surface area contributed by atoms with Gasteiger partial charge >= 0.3 is 0 Å². The highest BCUT2D eigenvalue weighted by Gasteiger charge is 2.08. The van der Waals surface area contributed by atoms with Crippen molar-refractivity contribution in [3.63, 3.8) is 0 Å². The molecule has 1 heterocycles. The van der Waals surface area contributed by atoms with E-state index in [1.54, 1.807) is 11.3 Å². The predicted molar refractivity (Wildman–Crippen MR) is 68.0 cm³/mol. The smallest absolute Gasteiger partial charge is 0.149 e. The normalized spacial score (nSPS) is 10.6. The minimum absolute atomic E-state index is 0.721. The van der Waals surface area contributed by atoms with Crippen molar-refractivity contribution in [3.8, 4) is 10.6 Å². The van der Waals surface area contributed by atoms with Crippen LogP contribution in [-0.2, 0) is 6.42 Å². The average molecular weight is 254 g/mol. The molecule has 3 nitrogen and oxygen atoms in total. The van der Waals surface area contributed by atoms with E-state index in [1.807, 2.05) is 31.3 Å². The summed E-state index contributed by atoms with van der Waals surface area (Å²) in [6.45, 7) is 0.914. The van der Waals surface area contributed by atoms with Gasteiger partial charge in [-0.1, -0.05) is 41.1 Å². The van der Waals surface area contributed by atoms with Crippen molar-refractivity contribution in [2.24, 2.45) is 0 Å². The van der Waals surface area contributed by atoms with Gasteiger partial charge in [-0.2, -0.15) is 0 Å². The molecule has 0 atom stereocenters. The Bertz CT molecular complexity index is 470. The zero-order chi connectivity index (χ0) is 11.4. The lowest BCUT2D eigenvalue weighted by molar-refractivity contribution is 0.779. The van der Waals surface area contributed by atoms with Crippen LogP contribution in [-0.4, -0.2) is 23.8 Å². The van der Waals surface area contributed by atoms with Crippen LogP contribution in [0, 0.1) is 0 Å². The molecule has 0 amide bonds. The Morgan fingerprint density at radius 2 is 2.12 bits per heavy atom. The minimum Gasteiger partial charge on any atom is -0.319 e. The SMILES string of the molecule is CNCCc1nnc(-c2ccccc2Cl)s1. The van der Waals surface area contributed by atoms with Gasteiger partial charge in [0.1, 0.15) is 10.0 Å². The van der Waals surface area contributed by atoms with Gasteiger partial charge in [0, 0.05) is 18.5 Å². The molecule has 0 spiro atoms. The molecule has 2 aromatic rings. The average Bonchev–Trinajstić information content (AvgIpc) is 2.75. The maximum absolute atomic E-state index is 6.10. The van der Waals surface area contributed by atoms with Crippen LogP contribution in [0.1, 0.15) is 5.01 Å². The summed E-state index contributed by atoms with van der Waals surface area (Å²) in [5, 5.41) is 14.0. The van der Waals surface area contributed by atoms with Crippen molar-refractivity contribution >= 4 is 22.9 Å². The molecular weight excluding hydrogens is 242 g/mol. The fraction of sp³-hybridized carbons (Fsp3) is 0.273. The number of nitrogens with zero attached hydrogens (tertiary/aromatic N) is 2. The monoisotopic (exact) mass is 253 g/mol. The van der Waals surface area contributed by atoms with E-state index in [2.05, 4.69) is 15.5 Å². The lowest BCUT2D eigenvalue weighted by atomic mass is 10.2. The highest BCUT2D eigenvalue weighted by Crippen LogP contribution is 2.29. The van der Waals surface area contributed by atoms with E-state index in [9.17, 15) is 0 Å². The van der Waals surface area contributed by atoms with Gasteiger partial charge in [0.2, 0.25) is 0 Å². The number of aromatic nitrogens is 2. The van der Waals surface area contributed by atoms with Crippen LogP contribution in [0.4, 0.5) is 0 Å². The second-order valence-electron chi connectivity index (χ2n) is 3.33. The highest BCUT2D eigenvalue weighted by molar-refractivity contribution is 7.14. The van der Waals surface area contributed by atoms with Gasteiger partial charge in [-0.3, -0.25) is 0 Å². The first-order valence-electron chi connectivity index (χ1n) is 5.03. The van der Waals surface area contributed by atoms with Gasteiger partial charge in [-0.05, 0) is 13.1 Å². The molecule has 0 saturated heterocycles. The Morgan fingerprint density at radius 1 is 1.31 bits per heavy atom. The van der Waals surface area contributed by atoms with E-state index < -0.39 is 0 Å². The number of hydrogen-bond acceptors (Lipinski definition) is 4. The molecule has 0 saturated carbocycles. The summed E-state index contributed by atoms with van der Waals surface area (Å²) in [6.07, 6.45) is 0.901. The van der Waals surface area contributed by atoms with Gasteiger partial charge < -0.3 is 5.32 Å². The molecule has 1 N–H and O–H groups in total. The summed E-state index contributed by atoms with van der Waals surface area (Å²) >= 11 is 7.69. The molecule has 0 bridgehead atoms. The molecular formula is C11H12ClN3S. The van der Waals surface area contributed by atoms with E-state index in [-0.39, 0.29) is 0 Å². The van der Waals surface area contributed by atoms with E-state index >= 15 is 0 Å². The first-order chi connectivity index (χ1) is 7.81. The van der Waals surface area contributed by atoms with Gasteiger partial charge in [-0.25, -0.2) is 0 Å². The van der Waals surface area contributed by atoms with Crippen LogP contribution in [0.15, 0.2) is 24.3 Å². The molecule has 16 heavy (non-hydrogen) atoms. The van der Waals surface area contributed by atoms with E-state index in [0.717, 1.165) is 33.6 Å². The number of nitrogens with one attached hydrogen (secondary N) is 1. The molecule has 0 aliphatic carbocycles. The Morgan fingerprint density at radius 3 is 2.88 bits per heavy atom. The molecule has 0 aliphatic rings. The van der Waals surface area contributed by atoms with Gasteiger partial charge in [0.05, 0.1) is 5.02 Å². The predicted octanol–water partition coefficient (Wildman–Crippen LogP) is 2.62. The second kappa shape index (κ2) is 5.39. The molecule has 1 aromatic carbocycles. The molecule has 0 aliphatic heterocycles. The van der Waals surface area contributed by atoms with Crippen LogP contribution >= 0.6 is 22.9 Å². The Balaban J connectivity index is 2.22. The molecule has 2 rings (SSSR count). The van der Waals surface area contributed by atoms with Gasteiger partial charge in [-0.15, -0.1) is 10.2 Å². The van der Waals surface area contributed by atoms with Crippen molar-refractivity contribution in [3.05, 3.63) is 34.3 Å². The largest absolute Gasteiger partial charge is 0.319 e. The van der Waals surface area contributed by atoms with E-state index in [4.69, 9.17) is 11.6 Å². The van der Waals surface area contributed by atoms with Gasteiger partial charge in [0.25, 0.3) is 0 Å². The summed E-state index contributed by atoms with van der Waals surface area (Å²) in [5.41, 5.74) is 0.956.